The van der Waals surface area contributed by atoms with Crippen LogP contribution in [-0.2, 0) is 5.72 Å². The molecule has 4 rings (SSSR count). The van der Waals surface area contributed by atoms with Gasteiger partial charge in [-0.1, -0.05) is 41.9 Å². The second-order valence-corrected chi connectivity index (χ2v) is 8.87. The highest BCUT2D eigenvalue weighted by Crippen LogP contribution is 2.27. The number of carboxylic acids is 1. The van der Waals surface area contributed by atoms with Crippen LogP contribution in [0.1, 0.15) is 38.9 Å². The van der Waals surface area contributed by atoms with Crippen molar-refractivity contribution in [2.45, 2.75) is 12.6 Å². The molecule has 7 nitrogen and oxygen atoms in total. The van der Waals surface area contributed by atoms with E-state index < -0.39 is 17.5 Å². The highest BCUT2D eigenvalue weighted by atomic mass is 35.5. The number of aliphatic hydroxyl groups is 1. The zero-order chi connectivity index (χ0) is 25.9. The lowest BCUT2D eigenvalue weighted by molar-refractivity contribution is 0.0695. The number of anilines is 3. The number of aromatic carboxylic acids is 1. The number of pyridine rings is 1. The second kappa shape index (κ2) is 10.2. The van der Waals surface area contributed by atoms with Gasteiger partial charge in [-0.2, -0.15) is 0 Å². The van der Waals surface area contributed by atoms with Gasteiger partial charge >= 0.3 is 5.97 Å². The summed E-state index contributed by atoms with van der Waals surface area (Å²) in [6, 6.07) is 23.7. The molecule has 8 heteroatoms. The number of ketones is 1. The third kappa shape index (κ3) is 5.54. The van der Waals surface area contributed by atoms with Crippen LogP contribution in [0.15, 0.2) is 91.1 Å². The number of hydrogen-bond acceptors (Lipinski definition) is 6. The summed E-state index contributed by atoms with van der Waals surface area (Å²) in [6.45, 7) is 1.55. The maximum Gasteiger partial charge on any atom is 0.335 e. The highest BCUT2D eigenvalue weighted by Gasteiger charge is 2.24. The molecule has 36 heavy (non-hydrogen) atoms. The average Bonchev–Trinajstić information content (AvgIpc) is 2.88. The lowest BCUT2D eigenvalue weighted by Gasteiger charge is -2.27. The molecule has 0 aliphatic heterocycles. The zero-order valence-electron chi connectivity index (χ0n) is 19.6. The van der Waals surface area contributed by atoms with Crippen molar-refractivity contribution in [1.29, 1.82) is 0 Å². The molecule has 182 valence electrons. The van der Waals surface area contributed by atoms with Gasteiger partial charge in [0.2, 0.25) is 5.78 Å². The summed E-state index contributed by atoms with van der Waals surface area (Å²) in [4.78, 5) is 31.2. The molecule has 3 N–H and O–H groups in total. The van der Waals surface area contributed by atoms with Gasteiger partial charge in [-0.3, -0.25) is 9.78 Å². The third-order valence-electron chi connectivity index (χ3n) is 5.75. The van der Waals surface area contributed by atoms with E-state index in [9.17, 15) is 19.8 Å². The molecule has 0 spiro atoms. The van der Waals surface area contributed by atoms with E-state index in [4.69, 9.17) is 11.6 Å². The first-order valence-electron chi connectivity index (χ1n) is 11.1. The van der Waals surface area contributed by atoms with Crippen LogP contribution in [0.5, 0.6) is 0 Å². The number of hydrogen-bond donors (Lipinski definition) is 3. The Morgan fingerprint density at radius 2 is 1.56 bits per heavy atom. The van der Waals surface area contributed by atoms with E-state index in [2.05, 4.69) is 10.3 Å². The number of benzene rings is 3. The summed E-state index contributed by atoms with van der Waals surface area (Å²) in [6.07, 6.45) is 1.57. The second-order valence-electron chi connectivity index (χ2n) is 8.43. The van der Waals surface area contributed by atoms with Gasteiger partial charge in [-0.25, -0.2) is 4.79 Å². The van der Waals surface area contributed by atoms with E-state index in [1.54, 1.807) is 61.7 Å². The topological polar surface area (TPSA) is 103 Å². The molecule has 0 amide bonds. The van der Waals surface area contributed by atoms with Crippen LogP contribution in [0.4, 0.5) is 17.1 Å². The predicted octanol–water partition coefficient (Wildman–Crippen LogP) is 5.71. The van der Waals surface area contributed by atoms with Gasteiger partial charge < -0.3 is 20.4 Å². The minimum Gasteiger partial charge on any atom is -0.478 e. The maximum atomic E-state index is 13.2. The first kappa shape index (κ1) is 24.9. The quantitative estimate of drug-likeness (QED) is 0.210. The van der Waals surface area contributed by atoms with Crippen molar-refractivity contribution in [3.8, 4) is 0 Å². The van der Waals surface area contributed by atoms with Gasteiger partial charge in [0, 0.05) is 34.6 Å². The molecule has 0 fully saturated rings. The molecule has 1 atom stereocenters. The summed E-state index contributed by atoms with van der Waals surface area (Å²) in [7, 11) is 1.87. The Kier molecular flexibility index (Phi) is 7.05. The smallest absolute Gasteiger partial charge is 0.335 e. The van der Waals surface area contributed by atoms with Crippen LogP contribution in [0.2, 0.25) is 5.02 Å². The highest BCUT2D eigenvalue weighted by molar-refractivity contribution is 6.30. The molecule has 1 aromatic heterocycles. The van der Waals surface area contributed by atoms with Gasteiger partial charge in [0.15, 0.2) is 5.72 Å². The average molecular weight is 502 g/mol. The fourth-order valence-electron chi connectivity index (χ4n) is 3.75. The van der Waals surface area contributed by atoms with Crippen molar-refractivity contribution in [2.24, 2.45) is 0 Å². The van der Waals surface area contributed by atoms with E-state index in [0.717, 1.165) is 11.4 Å². The Hall–Kier alpha value is -4.20. The zero-order valence-corrected chi connectivity index (χ0v) is 20.4. The lowest BCUT2D eigenvalue weighted by Crippen LogP contribution is -2.31. The number of aromatic nitrogens is 1. The third-order valence-corrected chi connectivity index (χ3v) is 6.00. The molecule has 0 bridgehead atoms. The molecule has 4 aromatic rings. The molecule has 0 saturated heterocycles. The van der Waals surface area contributed by atoms with Crippen LogP contribution >= 0.6 is 11.6 Å². The number of rotatable bonds is 8. The van der Waals surface area contributed by atoms with Gasteiger partial charge in [0.25, 0.3) is 0 Å². The number of nitrogens with one attached hydrogen (secondary N) is 1. The van der Waals surface area contributed by atoms with Gasteiger partial charge in [0.05, 0.1) is 17.4 Å². The SMILES string of the molecule is CN(c1ccc(Cl)cc1)c1ccc(C(=O)c2cc(NC(C)(O)c3ccccc3)cc(C(=O)O)c2)nc1. The lowest BCUT2D eigenvalue weighted by atomic mass is 10.0. The Morgan fingerprint density at radius 3 is 2.17 bits per heavy atom. The van der Waals surface area contributed by atoms with Crippen LogP contribution in [-0.4, -0.2) is 34.0 Å². The molecule has 0 aliphatic rings. The van der Waals surface area contributed by atoms with E-state index in [1.807, 2.05) is 30.1 Å². The number of carboxylic acid groups (broad SMARTS) is 1. The maximum absolute atomic E-state index is 13.2. The minimum atomic E-state index is -1.50. The van der Waals surface area contributed by atoms with Crippen molar-refractivity contribution in [3.05, 3.63) is 119 Å². The van der Waals surface area contributed by atoms with E-state index >= 15 is 0 Å². The minimum absolute atomic E-state index is 0.0914. The Bertz CT molecular complexity index is 1390. The van der Waals surface area contributed by atoms with Crippen molar-refractivity contribution in [3.63, 3.8) is 0 Å². The summed E-state index contributed by atoms with van der Waals surface area (Å²) >= 11 is 5.96. The Labute approximate surface area is 213 Å². The molecular formula is C28H24ClN3O4. The molecule has 1 unspecified atom stereocenters. The molecule has 3 aromatic carbocycles. The monoisotopic (exact) mass is 501 g/mol. The number of carbonyl (C=O) groups excluding carboxylic acids is 1. The summed E-state index contributed by atoms with van der Waals surface area (Å²) < 4.78 is 0. The molecule has 0 saturated carbocycles. The molecule has 0 radical (unpaired) electrons. The summed E-state index contributed by atoms with van der Waals surface area (Å²) in [5.41, 5.74) is 1.23. The van der Waals surface area contributed by atoms with Crippen LogP contribution in [0, 0.1) is 0 Å². The Balaban J connectivity index is 1.61. The predicted molar refractivity (Wildman–Crippen MR) is 140 cm³/mol. The van der Waals surface area contributed by atoms with E-state index in [-0.39, 0.29) is 22.5 Å². The normalized spacial score (nSPS) is 12.4. The van der Waals surface area contributed by atoms with Crippen molar-refractivity contribution in [1.82, 2.24) is 4.98 Å². The number of halogens is 1. The molecule has 0 aliphatic carbocycles. The first-order valence-corrected chi connectivity index (χ1v) is 11.5. The van der Waals surface area contributed by atoms with Crippen LogP contribution < -0.4 is 10.2 Å². The van der Waals surface area contributed by atoms with Gasteiger partial charge in [-0.05, 0) is 61.5 Å². The largest absolute Gasteiger partial charge is 0.478 e. The van der Waals surface area contributed by atoms with Crippen molar-refractivity contribution in [2.75, 3.05) is 17.3 Å². The van der Waals surface area contributed by atoms with E-state index in [0.29, 0.717) is 10.6 Å². The van der Waals surface area contributed by atoms with Crippen molar-refractivity contribution >= 4 is 40.4 Å². The first-order chi connectivity index (χ1) is 17.1. The molecular weight excluding hydrogens is 478 g/mol. The fourth-order valence-corrected chi connectivity index (χ4v) is 3.88. The summed E-state index contributed by atoms with van der Waals surface area (Å²) in [5, 5.41) is 24.1. The van der Waals surface area contributed by atoms with Crippen LogP contribution in [0.3, 0.4) is 0 Å². The van der Waals surface area contributed by atoms with E-state index in [1.165, 1.54) is 18.2 Å². The number of nitrogens with zero attached hydrogens (tertiary/aromatic N) is 2. The van der Waals surface area contributed by atoms with Gasteiger partial charge in [-0.15, -0.1) is 0 Å². The number of carbonyl (C=O) groups is 2. The Morgan fingerprint density at radius 1 is 0.917 bits per heavy atom. The fraction of sp³-hybridized carbons (Fsp3) is 0.107. The van der Waals surface area contributed by atoms with Crippen LogP contribution in [0.25, 0.3) is 0 Å². The van der Waals surface area contributed by atoms with Gasteiger partial charge in [0.1, 0.15) is 5.69 Å². The molecule has 1 heterocycles. The standard InChI is InChI=1S/C28H24ClN3O4/c1-28(36,20-6-4-3-5-7-20)31-22-15-18(14-19(16-22)27(34)35)26(33)25-13-12-24(17-30-25)32(2)23-10-8-21(29)9-11-23/h3-17,31,36H,1-2H3,(H,34,35). The van der Waals surface area contributed by atoms with Crippen molar-refractivity contribution < 1.29 is 19.8 Å². The summed E-state index contributed by atoms with van der Waals surface area (Å²) in [5.74, 6) is -1.64.